The highest BCUT2D eigenvalue weighted by molar-refractivity contribution is 5.74. The van der Waals surface area contributed by atoms with Crippen LogP contribution in [0.5, 0.6) is 5.75 Å². The van der Waals surface area contributed by atoms with E-state index in [9.17, 15) is 4.79 Å². The predicted octanol–water partition coefficient (Wildman–Crippen LogP) is 1.68. The Kier molecular flexibility index (Phi) is 4.29. The van der Waals surface area contributed by atoms with Crippen molar-refractivity contribution in [3.8, 4) is 5.75 Å². The Labute approximate surface area is 101 Å². The number of ether oxygens (including phenoxy) is 1. The monoisotopic (exact) mass is 235 g/mol. The van der Waals surface area contributed by atoms with Gasteiger partial charge in [-0.05, 0) is 24.1 Å². The van der Waals surface area contributed by atoms with Crippen molar-refractivity contribution in [1.29, 1.82) is 0 Å². The van der Waals surface area contributed by atoms with E-state index in [0.29, 0.717) is 5.75 Å². The van der Waals surface area contributed by atoms with E-state index in [1.807, 2.05) is 25.1 Å². The van der Waals surface area contributed by atoms with Gasteiger partial charge in [0, 0.05) is 6.42 Å². The van der Waals surface area contributed by atoms with E-state index in [1.165, 1.54) is 0 Å². The van der Waals surface area contributed by atoms with E-state index in [2.05, 4.69) is 6.58 Å². The van der Waals surface area contributed by atoms with Crippen LogP contribution in [0.4, 0.5) is 0 Å². The molecule has 1 aromatic carbocycles. The zero-order valence-corrected chi connectivity index (χ0v) is 10.1. The van der Waals surface area contributed by atoms with Crippen molar-refractivity contribution >= 4 is 11.5 Å². The minimum absolute atomic E-state index is 0.245. The molecule has 0 heterocycles. The van der Waals surface area contributed by atoms with E-state index in [-0.39, 0.29) is 6.42 Å². The fourth-order valence-corrected chi connectivity index (χ4v) is 1.50. The first-order chi connectivity index (χ1) is 7.95. The number of benzene rings is 1. The SMILES string of the molecule is C=C(C)c1ccc(CC(N)C(=O)O)c(OC)c1. The van der Waals surface area contributed by atoms with Crippen LogP contribution in [0.25, 0.3) is 5.57 Å². The summed E-state index contributed by atoms with van der Waals surface area (Å²) in [6.45, 7) is 5.75. The highest BCUT2D eigenvalue weighted by atomic mass is 16.5. The summed E-state index contributed by atoms with van der Waals surface area (Å²) >= 11 is 0. The number of allylic oxidation sites excluding steroid dienone is 1. The molecule has 0 spiro atoms. The minimum atomic E-state index is -1.02. The number of hydrogen-bond acceptors (Lipinski definition) is 3. The summed E-state index contributed by atoms with van der Waals surface area (Å²) in [5, 5.41) is 8.77. The number of carbonyl (C=O) groups is 1. The Morgan fingerprint density at radius 3 is 2.71 bits per heavy atom. The molecule has 0 saturated heterocycles. The third-order valence-electron chi connectivity index (χ3n) is 2.54. The number of aliphatic carboxylic acids is 1. The smallest absolute Gasteiger partial charge is 0.320 e. The molecule has 1 atom stereocenters. The highest BCUT2D eigenvalue weighted by Gasteiger charge is 2.15. The van der Waals surface area contributed by atoms with E-state index >= 15 is 0 Å². The zero-order chi connectivity index (χ0) is 13.0. The zero-order valence-electron chi connectivity index (χ0n) is 10.1. The second-order valence-corrected chi connectivity index (χ2v) is 3.96. The van der Waals surface area contributed by atoms with E-state index in [0.717, 1.165) is 16.7 Å². The molecule has 1 rings (SSSR count). The number of carboxylic acids is 1. The molecule has 1 aromatic rings. The molecular weight excluding hydrogens is 218 g/mol. The van der Waals surface area contributed by atoms with E-state index in [4.69, 9.17) is 15.6 Å². The Balaban J connectivity index is 3.00. The molecule has 0 aliphatic heterocycles. The Bertz CT molecular complexity index is 440. The molecule has 0 amide bonds. The maximum absolute atomic E-state index is 10.7. The molecular formula is C13H17NO3. The van der Waals surface area contributed by atoms with Crippen molar-refractivity contribution < 1.29 is 14.6 Å². The van der Waals surface area contributed by atoms with Crippen molar-refractivity contribution in [3.63, 3.8) is 0 Å². The van der Waals surface area contributed by atoms with Crippen LogP contribution in [-0.4, -0.2) is 24.2 Å². The maximum atomic E-state index is 10.7. The van der Waals surface area contributed by atoms with E-state index < -0.39 is 12.0 Å². The molecule has 4 heteroatoms. The van der Waals surface area contributed by atoms with Crippen LogP contribution in [0.1, 0.15) is 18.1 Å². The molecule has 0 aliphatic rings. The van der Waals surface area contributed by atoms with Gasteiger partial charge >= 0.3 is 5.97 Å². The van der Waals surface area contributed by atoms with Crippen molar-refractivity contribution in [3.05, 3.63) is 35.9 Å². The van der Waals surface area contributed by atoms with Gasteiger partial charge in [0.1, 0.15) is 11.8 Å². The van der Waals surface area contributed by atoms with Crippen molar-refractivity contribution in [2.75, 3.05) is 7.11 Å². The second kappa shape index (κ2) is 5.50. The fourth-order valence-electron chi connectivity index (χ4n) is 1.50. The quantitative estimate of drug-likeness (QED) is 0.814. The van der Waals surface area contributed by atoms with E-state index in [1.54, 1.807) is 7.11 Å². The molecule has 0 aliphatic carbocycles. The largest absolute Gasteiger partial charge is 0.496 e. The fraction of sp³-hybridized carbons (Fsp3) is 0.308. The van der Waals surface area contributed by atoms with Crippen LogP contribution in [0.2, 0.25) is 0 Å². The Hall–Kier alpha value is -1.81. The lowest BCUT2D eigenvalue weighted by atomic mass is 10.0. The van der Waals surface area contributed by atoms with Crippen LogP contribution in [0, 0.1) is 0 Å². The topological polar surface area (TPSA) is 72.6 Å². The van der Waals surface area contributed by atoms with Gasteiger partial charge in [-0.25, -0.2) is 0 Å². The molecule has 3 N–H and O–H groups in total. The lowest BCUT2D eigenvalue weighted by Crippen LogP contribution is -2.32. The third kappa shape index (κ3) is 3.32. The standard InChI is InChI=1S/C13H17NO3/c1-8(2)9-4-5-10(12(7-9)17-3)6-11(14)13(15)16/h4-5,7,11H,1,6,14H2,2-3H3,(H,15,16). The summed E-state index contributed by atoms with van der Waals surface area (Å²) in [4.78, 5) is 10.7. The molecule has 4 nitrogen and oxygen atoms in total. The van der Waals surface area contributed by atoms with Gasteiger partial charge in [-0.1, -0.05) is 24.3 Å². The number of methoxy groups -OCH3 is 1. The van der Waals surface area contributed by atoms with Gasteiger partial charge in [0.25, 0.3) is 0 Å². The lowest BCUT2D eigenvalue weighted by molar-refractivity contribution is -0.138. The normalized spacial score (nSPS) is 11.9. The second-order valence-electron chi connectivity index (χ2n) is 3.96. The molecule has 0 bridgehead atoms. The predicted molar refractivity (Wildman–Crippen MR) is 67.0 cm³/mol. The average Bonchev–Trinajstić information content (AvgIpc) is 2.28. The molecule has 17 heavy (non-hydrogen) atoms. The van der Waals surface area contributed by atoms with Gasteiger partial charge in [0.2, 0.25) is 0 Å². The van der Waals surface area contributed by atoms with Crippen LogP contribution >= 0.6 is 0 Å². The van der Waals surface area contributed by atoms with Gasteiger partial charge in [0.05, 0.1) is 7.11 Å². The summed E-state index contributed by atoms with van der Waals surface area (Å²) < 4.78 is 5.23. The van der Waals surface area contributed by atoms with Gasteiger partial charge < -0.3 is 15.6 Å². The summed E-state index contributed by atoms with van der Waals surface area (Å²) in [6, 6.07) is 4.63. The van der Waals surface area contributed by atoms with Gasteiger partial charge in [-0.15, -0.1) is 0 Å². The summed E-state index contributed by atoms with van der Waals surface area (Å²) in [7, 11) is 1.55. The molecule has 0 aromatic heterocycles. The van der Waals surface area contributed by atoms with Crippen LogP contribution < -0.4 is 10.5 Å². The molecule has 0 fully saturated rings. The van der Waals surface area contributed by atoms with Crippen LogP contribution in [-0.2, 0) is 11.2 Å². The summed E-state index contributed by atoms with van der Waals surface area (Å²) in [5.41, 5.74) is 8.18. The van der Waals surface area contributed by atoms with Crippen molar-refractivity contribution in [2.45, 2.75) is 19.4 Å². The Morgan fingerprint density at radius 1 is 1.59 bits per heavy atom. The summed E-state index contributed by atoms with van der Waals surface area (Å²) in [6.07, 6.45) is 0.245. The van der Waals surface area contributed by atoms with Crippen molar-refractivity contribution in [1.82, 2.24) is 0 Å². The van der Waals surface area contributed by atoms with Crippen molar-refractivity contribution in [2.24, 2.45) is 5.73 Å². The van der Waals surface area contributed by atoms with Crippen LogP contribution in [0.15, 0.2) is 24.8 Å². The van der Waals surface area contributed by atoms with Crippen LogP contribution in [0.3, 0.4) is 0 Å². The number of hydrogen-bond donors (Lipinski definition) is 2. The lowest BCUT2D eigenvalue weighted by Gasteiger charge is -2.12. The number of nitrogens with two attached hydrogens (primary N) is 1. The molecule has 92 valence electrons. The average molecular weight is 235 g/mol. The first-order valence-electron chi connectivity index (χ1n) is 5.27. The molecule has 0 radical (unpaired) electrons. The first kappa shape index (κ1) is 13.3. The van der Waals surface area contributed by atoms with Gasteiger partial charge in [-0.2, -0.15) is 0 Å². The molecule has 1 unspecified atom stereocenters. The summed E-state index contributed by atoms with van der Waals surface area (Å²) in [5.74, 6) is -0.377. The first-order valence-corrected chi connectivity index (χ1v) is 5.27. The van der Waals surface area contributed by atoms with Gasteiger partial charge in [0.15, 0.2) is 0 Å². The van der Waals surface area contributed by atoms with Gasteiger partial charge in [-0.3, -0.25) is 4.79 Å². The maximum Gasteiger partial charge on any atom is 0.320 e. The molecule has 0 saturated carbocycles. The Morgan fingerprint density at radius 2 is 2.24 bits per heavy atom. The number of carboxylic acid groups (broad SMARTS) is 1. The third-order valence-corrected chi connectivity index (χ3v) is 2.54. The highest BCUT2D eigenvalue weighted by Crippen LogP contribution is 2.24. The minimum Gasteiger partial charge on any atom is -0.496 e. The number of rotatable bonds is 5.